The zero-order chi connectivity index (χ0) is 17.1. The van der Waals surface area contributed by atoms with Crippen LogP contribution in [0, 0.1) is 0 Å². The molecule has 0 bridgehead atoms. The molecular weight excluding hydrogens is 334 g/mol. The Morgan fingerprint density at radius 2 is 1.96 bits per heavy atom. The first-order valence-corrected chi connectivity index (χ1v) is 9.34. The van der Waals surface area contributed by atoms with Crippen LogP contribution in [0.1, 0.15) is 17.7 Å². The lowest BCUT2D eigenvalue weighted by atomic mass is 10.1. The summed E-state index contributed by atoms with van der Waals surface area (Å²) in [7, 11) is 0. The lowest BCUT2D eigenvalue weighted by Gasteiger charge is -2.31. The first-order valence-electron chi connectivity index (χ1n) is 8.46. The van der Waals surface area contributed by atoms with Gasteiger partial charge in [-0.15, -0.1) is 11.3 Å². The van der Waals surface area contributed by atoms with Gasteiger partial charge in [0.05, 0.1) is 23.7 Å². The quantitative estimate of drug-likeness (QED) is 0.722. The summed E-state index contributed by atoms with van der Waals surface area (Å²) in [5.74, 6) is 0.758. The molecule has 3 heterocycles. The highest BCUT2D eigenvalue weighted by molar-refractivity contribution is 7.10. The van der Waals surface area contributed by atoms with E-state index in [2.05, 4.69) is 9.97 Å². The fourth-order valence-electron chi connectivity index (χ4n) is 3.06. The first-order chi connectivity index (χ1) is 12.3. The van der Waals surface area contributed by atoms with Crippen LogP contribution in [0.4, 0.5) is 0 Å². The summed E-state index contributed by atoms with van der Waals surface area (Å²) in [5, 5.41) is 2.01. The molecule has 1 amide bonds. The number of nitrogens with zero attached hydrogens (tertiary/aromatic N) is 3. The van der Waals surface area contributed by atoms with E-state index in [9.17, 15) is 4.79 Å². The SMILES string of the molecule is O=C(Cc1cccs1)N1CCC(Oc2cnc3ccccc3n2)CC1. The third-order valence-electron chi connectivity index (χ3n) is 4.41. The summed E-state index contributed by atoms with van der Waals surface area (Å²) < 4.78 is 5.99. The predicted octanol–water partition coefficient (Wildman–Crippen LogP) is 3.30. The van der Waals surface area contributed by atoms with Gasteiger partial charge in [0, 0.05) is 30.8 Å². The van der Waals surface area contributed by atoms with E-state index in [0.29, 0.717) is 12.3 Å². The number of ether oxygens (including phenoxy) is 1. The molecule has 0 spiro atoms. The largest absolute Gasteiger partial charge is 0.473 e. The Labute approximate surface area is 150 Å². The van der Waals surface area contributed by atoms with E-state index in [1.165, 1.54) is 0 Å². The van der Waals surface area contributed by atoms with Crippen LogP contribution in [0.15, 0.2) is 48.0 Å². The molecule has 0 N–H and O–H groups in total. The maximum atomic E-state index is 12.3. The molecular formula is C19H19N3O2S. The molecule has 0 aliphatic carbocycles. The van der Waals surface area contributed by atoms with Gasteiger partial charge in [-0.2, -0.15) is 0 Å². The van der Waals surface area contributed by atoms with E-state index < -0.39 is 0 Å². The van der Waals surface area contributed by atoms with E-state index in [4.69, 9.17) is 4.74 Å². The zero-order valence-electron chi connectivity index (χ0n) is 13.8. The van der Waals surface area contributed by atoms with Gasteiger partial charge in [0.15, 0.2) is 0 Å². The number of benzene rings is 1. The third kappa shape index (κ3) is 3.79. The minimum atomic E-state index is 0.0845. The van der Waals surface area contributed by atoms with Crippen molar-refractivity contribution in [1.82, 2.24) is 14.9 Å². The molecule has 0 radical (unpaired) electrons. The third-order valence-corrected chi connectivity index (χ3v) is 5.29. The predicted molar refractivity (Wildman–Crippen MR) is 97.8 cm³/mol. The van der Waals surface area contributed by atoms with Crippen molar-refractivity contribution in [2.45, 2.75) is 25.4 Å². The van der Waals surface area contributed by atoms with E-state index in [1.54, 1.807) is 17.5 Å². The summed E-state index contributed by atoms with van der Waals surface area (Å²) in [4.78, 5) is 24.3. The maximum absolute atomic E-state index is 12.3. The Kier molecular flexibility index (Phi) is 4.61. The summed E-state index contributed by atoms with van der Waals surface area (Å²) in [6.07, 6.45) is 3.91. The van der Waals surface area contributed by atoms with Crippen molar-refractivity contribution < 1.29 is 9.53 Å². The molecule has 25 heavy (non-hydrogen) atoms. The fraction of sp³-hybridized carbons (Fsp3) is 0.316. The number of para-hydroxylation sites is 2. The average molecular weight is 353 g/mol. The maximum Gasteiger partial charge on any atom is 0.233 e. The van der Waals surface area contributed by atoms with Crippen molar-refractivity contribution >= 4 is 28.3 Å². The highest BCUT2D eigenvalue weighted by Crippen LogP contribution is 2.20. The number of carbonyl (C=O) groups excluding carboxylic acids is 1. The van der Waals surface area contributed by atoms with Crippen LogP contribution in [0.3, 0.4) is 0 Å². The Morgan fingerprint density at radius 3 is 2.72 bits per heavy atom. The van der Waals surface area contributed by atoms with Gasteiger partial charge in [0.2, 0.25) is 11.8 Å². The van der Waals surface area contributed by atoms with Crippen molar-refractivity contribution in [3.63, 3.8) is 0 Å². The Balaban J connectivity index is 1.32. The number of carbonyl (C=O) groups is 1. The van der Waals surface area contributed by atoms with Gasteiger partial charge in [-0.05, 0) is 23.6 Å². The van der Waals surface area contributed by atoms with Gasteiger partial charge in [-0.3, -0.25) is 4.79 Å². The normalized spacial score (nSPS) is 15.4. The number of fused-ring (bicyclic) bond motifs is 1. The van der Waals surface area contributed by atoms with Crippen LogP contribution in [0.2, 0.25) is 0 Å². The molecule has 0 saturated carbocycles. The van der Waals surface area contributed by atoms with E-state index in [-0.39, 0.29) is 12.0 Å². The van der Waals surface area contributed by atoms with Gasteiger partial charge in [0.25, 0.3) is 0 Å². The minimum absolute atomic E-state index is 0.0845. The van der Waals surface area contributed by atoms with Gasteiger partial charge >= 0.3 is 0 Å². The number of hydrogen-bond donors (Lipinski definition) is 0. The molecule has 5 nitrogen and oxygen atoms in total. The van der Waals surface area contributed by atoms with Gasteiger partial charge in [-0.25, -0.2) is 9.97 Å². The van der Waals surface area contributed by atoms with Gasteiger partial charge in [-0.1, -0.05) is 18.2 Å². The van der Waals surface area contributed by atoms with Crippen LogP contribution in [0.5, 0.6) is 5.88 Å². The molecule has 1 aromatic carbocycles. The first kappa shape index (κ1) is 16.0. The fourth-order valence-corrected chi connectivity index (χ4v) is 3.76. The average Bonchev–Trinajstić information content (AvgIpc) is 3.15. The molecule has 128 valence electrons. The van der Waals surface area contributed by atoms with Crippen LogP contribution >= 0.6 is 11.3 Å². The number of hydrogen-bond acceptors (Lipinski definition) is 5. The molecule has 6 heteroatoms. The van der Waals surface area contributed by atoms with E-state index >= 15 is 0 Å². The molecule has 1 aliphatic rings. The Bertz CT molecular complexity index is 858. The molecule has 4 rings (SSSR count). The second-order valence-corrected chi connectivity index (χ2v) is 7.18. The molecule has 1 aliphatic heterocycles. The highest BCUT2D eigenvalue weighted by atomic mass is 32.1. The number of amides is 1. The monoisotopic (exact) mass is 353 g/mol. The Morgan fingerprint density at radius 1 is 1.16 bits per heavy atom. The second kappa shape index (κ2) is 7.19. The van der Waals surface area contributed by atoms with Crippen molar-refractivity contribution in [2.24, 2.45) is 0 Å². The van der Waals surface area contributed by atoms with Crippen molar-refractivity contribution in [3.05, 3.63) is 52.9 Å². The minimum Gasteiger partial charge on any atom is -0.473 e. The zero-order valence-corrected chi connectivity index (χ0v) is 14.6. The number of thiophene rings is 1. The lowest BCUT2D eigenvalue weighted by Crippen LogP contribution is -2.42. The van der Waals surface area contributed by atoms with Gasteiger partial charge in [0.1, 0.15) is 6.10 Å². The summed E-state index contributed by atoms with van der Waals surface area (Å²) >= 11 is 1.63. The number of rotatable bonds is 4. The van der Waals surface area contributed by atoms with Crippen molar-refractivity contribution in [3.8, 4) is 5.88 Å². The topological polar surface area (TPSA) is 55.3 Å². The molecule has 1 fully saturated rings. The summed E-state index contributed by atoms with van der Waals surface area (Å²) in [5.41, 5.74) is 1.70. The van der Waals surface area contributed by atoms with E-state index in [0.717, 1.165) is 41.8 Å². The second-order valence-electron chi connectivity index (χ2n) is 6.15. The summed E-state index contributed by atoms with van der Waals surface area (Å²) in [6.45, 7) is 1.46. The number of likely N-dealkylation sites (tertiary alicyclic amines) is 1. The van der Waals surface area contributed by atoms with Crippen LogP contribution in [-0.4, -0.2) is 40.0 Å². The number of piperidine rings is 1. The molecule has 2 aromatic heterocycles. The molecule has 0 unspecified atom stereocenters. The van der Waals surface area contributed by atoms with Crippen LogP contribution < -0.4 is 4.74 Å². The lowest BCUT2D eigenvalue weighted by molar-refractivity contribution is -0.132. The number of aromatic nitrogens is 2. The Hall–Kier alpha value is -2.47. The van der Waals surface area contributed by atoms with Crippen LogP contribution in [0.25, 0.3) is 11.0 Å². The highest BCUT2D eigenvalue weighted by Gasteiger charge is 2.24. The summed E-state index contributed by atoms with van der Waals surface area (Å²) in [6, 6.07) is 11.7. The molecule has 3 aromatic rings. The molecule has 0 atom stereocenters. The molecule has 1 saturated heterocycles. The van der Waals surface area contributed by atoms with Crippen LogP contribution in [-0.2, 0) is 11.2 Å². The standard InChI is InChI=1S/C19H19N3O2S/c23-19(12-15-4-3-11-25-15)22-9-7-14(8-10-22)24-18-13-20-16-5-1-2-6-17(16)21-18/h1-6,11,13-14H,7-10,12H2. The van der Waals surface area contributed by atoms with Crippen molar-refractivity contribution in [1.29, 1.82) is 0 Å². The van der Waals surface area contributed by atoms with E-state index in [1.807, 2.05) is 46.7 Å². The van der Waals surface area contributed by atoms with Gasteiger partial charge < -0.3 is 9.64 Å². The smallest absolute Gasteiger partial charge is 0.233 e. The van der Waals surface area contributed by atoms with Crippen molar-refractivity contribution in [2.75, 3.05) is 13.1 Å².